The van der Waals surface area contributed by atoms with Gasteiger partial charge in [-0.15, -0.1) is 0 Å². The Morgan fingerprint density at radius 3 is 2.24 bits per heavy atom. The van der Waals surface area contributed by atoms with Gasteiger partial charge in [0.15, 0.2) is 0 Å². The average molecular weight is 470 g/mol. The highest BCUT2D eigenvalue weighted by Crippen LogP contribution is 2.24. The maximum atomic E-state index is 13.0. The molecule has 0 radical (unpaired) electrons. The Kier molecular flexibility index (Phi) is 8.90. The van der Waals surface area contributed by atoms with Crippen molar-refractivity contribution in [3.63, 3.8) is 0 Å². The number of hydrogen-bond donors (Lipinski definition) is 1. The average Bonchev–Trinajstić information content (AvgIpc) is 2.96. The second-order valence-electron chi connectivity index (χ2n) is 8.84. The van der Waals surface area contributed by atoms with E-state index in [4.69, 9.17) is 14.2 Å². The molecule has 1 unspecified atom stereocenters. The molecule has 3 rings (SSSR count). The van der Waals surface area contributed by atoms with Gasteiger partial charge in [-0.05, 0) is 49.2 Å². The molecule has 2 aromatic carbocycles. The van der Waals surface area contributed by atoms with Gasteiger partial charge in [-0.25, -0.2) is 0 Å². The van der Waals surface area contributed by atoms with Crippen molar-refractivity contribution in [2.75, 3.05) is 39.2 Å². The van der Waals surface area contributed by atoms with Gasteiger partial charge in [-0.3, -0.25) is 14.5 Å². The van der Waals surface area contributed by atoms with Crippen LogP contribution < -0.4 is 14.8 Å². The highest BCUT2D eigenvalue weighted by Gasteiger charge is 2.30. The van der Waals surface area contributed by atoms with E-state index in [1.165, 1.54) is 6.92 Å². The van der Waals surface area contributed by atoms with E-state index in [1.54, 1.807) is 14.2 Å². The lowest BCUT2D eigenvalue weighted by atomic mass is 10.2. The van der Waals surface area contributed by atoms with Crippen LogP contribution in [0.25, 0.3) is 0 Å². The van der Waals surface area contributed by atoms with Crippen LogP contribution in [0.5, 0.6) is 11.5 Å². The van der Waals surface area contributed by atoms with Crippen LogP contribution in [0.15, 0.2) is 42.5 Å². The summed E-state index contributed by atoms with van der Waals surface area (Å²) in [6.07, 6.45) is -0.148. The molecule has 1 heterocycles. The zero-order valence-corrected chi connectivity index (χ0v) is 20.7. The molecule has 2 amide bonds. The smallest absolute Gasteiger partial charge is 0.237 e. The van der Waals surface area contributed by atoms with E-state index < -0.39 is 0 Å². The first kappa shape index (κ1) is 25.5. The first-order valence-corrected chi connectivity index (χ1v) is 11.5. The van der Waals surface area contributed by atoms with Gasteiger partial charge in [0.1, 0.15) is 11.5 Å². The zero-order valence-electron chi connectivity index (χ0n) is 20.7. The van der Waals surface area contributed by atoms with Crippen LogP contribution in [-0.2, 0) is 27.5 Å². The van der Waals surface area contributed by atoms with Gasteiger partial charge in [0, 0.05) is 44.4 Å². The van der Waals surface area contributed by atoms with Gasteiger partial charge in [-0.2, -0.15) is 0 Å². The molecule has 0 aromatic heterocycles. The summed E-state index contributed by atoms with van der Waals surface area (Å²) < 4.78 is 17.0. The standard InChI is InChI=1S/C26H35N3O5/c1-18(2)29-15-25(34-17-21-10-23(32-4)12-24(11-21)33-5)14-28(16-26(29)31)13-20-6-8-22(9-7-20)27-19(3)30/h6-12,18,25H,13-17H2,1-5H3,(H,27,30). The first-order chi connectivity index (χ1) is 16.3. The monoisotopic (exact) mass is 469 g/mol. The summed E-state index contributed by atoms with van der Waals surface area (Å²) in [6.45, 7) is 8.04. The summed E-state index contributed by atoms with van der Waals surface area (Å²) in [4.78, 5) is 28.2. The zero-order chi connectivity index (χ0) is 24.7. The molecule has 8 nitrogen and oxygen atoms in total. The van der Waals surface area contributed by atoms with Crippen LogP contribution in [0.2, 0.25) is 0 Å². The Balaban J connectivity index is 1.71. The third kappa shape index (κ3) is 7.20. The largest absolute Gasteiger partial charge is 0.497 e. The van der Waals surface area contributed by atoms with Crippen molar-refractivity contribution in [2.24, 2.45) is 0 Å². The summed E-state index contributed by atoms with van der Waals surface area (Å²) in [7, 11) is 3.24. The summed E-state index contributed by atoms with van der Waals surface area (Å²) in [5, 5.41) is 2.78. The Labute approximate surface area is 201 Å². The molecule has 0 bridgehead atoms. The number of anilines is 1. The molecular weight excluding hydrogens is 434 g/mol. The number of carbonyl (C=O) groups is 2. The first-order valence-electron chi connectivity index (χ1n) is 11.5. The summed E-state index contributed by atoms with van der Waals surface area (Å²) >= 11 is 0. The van der Waals surface area contributed by atoms with Crippen molar-refractivity contribution >= 4 is 17.5 Å². The van der Waals surface area contributed by atoms with Crippen LogP contribution in [0.4, 0.5) is 5.69 Å². The van der Waals surface area contributed by atoms with Gasteiger partial charge in [0.25, 0.3) is 0 Å². The Bertz CT molecular complexity index is 955. The number of nitrogens with zero attached hydrogens (tertiary/aromatic N) is 2. The number of hydrogen-bond acceptors (Lipinski definition) is 6. The van der Waals surface area contributed by atoms with Crippen molar-refractivity contribution in [3.8, 4) is 11.5 Å². The van der Waals surface area contributed by atoms with Crippen molar-refractivity contribution in [1.82, 2.24) is 9.80 Å². The minimum absolute atomic E-state index is 0.0902. The highest BCUT2D eigenvalue weighted by atomic mass is 16.5. The van der Waals surface area contributed by atoms with Crippen LogP contribution in [0.1, 0.15) is 31.9 Å². The molecule has 1 N–H and O–H groups in total. The number of nitrogens with one attached hydrogen (secondary N) is 1. The molecule has 1 fully saturated rings. The van der Waals surface area contributed by atoms with E-state index in [2.05, 4.69) is 10.2 Å². The van der Waals surface area contributed by atoms with E-state index in [0.29, 0.717) is 44.3 Å². The lowest BCUT2D eigenvalue weighted by molar-refractivity contribution is -0.133. The van der Waals surface area contributed by atoms with E-state index in [-0.39, 0.29) is 24.0 Å². The molecule has 34 heavy (non-hydrogen) atoms. The fraction of sp³-hybridized carbons (Fsp3) is 0.462. The third-order valence-corrected chi connectivity index (χ3v) is 5.74. The van der Waals surface area contributed by atoms with E-state index >= 15 is 0 Å². The fourth-order valence-electron chi connectivity index (χ4n) is 4.06. The molecule has 1 atom stereocenters. The summed E-state index contributed by atoms with van der Waals surface area (Å²) in [6, 6.07) is 13.5. The molecule has 0 spiro atoms. The highest BCUT2D eigenvalue weighted by molar-refractivity contribution is 5.88. The van der Waals surface area contributed by atoms with Crippen molar-refractivity contribution in [3.05, 3.63) is 53.6 Å². The minimum atomic E-state index is -0.148. The van der Waals surface area contributed by atoms with Crippen molar-refractivity contribution in [1.29, 1.82) is 0 Å². The van der Waals surface area contributed by atoms with Gasteiger partial charge >= 0.3 is 0 Å². The van der Waals surface area contributed by atoms with Crippen molar-refractivity contribution in [2.45, 2.75) is 46.1 Å². The normalized spacial score (nSPS) is 16.9. The van der Waals surface area contributed by atoms with E-state index in [9.17, 15) is 9.59 Å². The Morgan fingerprint density at radius 2 is 1.68 bits per heavy atom. The molecule has 1 aliphatic heterocycles. The van der Waals surface area contributed by atoms with Crippen LogP contribution in [0.3, 0.4) is 0 Å². The number of benzene rings is 2. The summed E-state index contributed by atoms with van der Waals surface area (Å²) in [5.41, 5.74) is 2.77. The molecule has 2 aromatic rings. The molecule has 1 aliphatic rings. The fourth-order valence-corrected chi connectivity index (χ4v) is 4.06. The number of ether oxygens (including phenoxy) is 3. The third-order valence-electron chi connectivity index (χ3n) is 5.74. The van der Waals surface area contributed by atoms with Gasteiger partial charge < -0.3 is 24.4 Å². The molecule has 0 aliphatic carbocycles. The maximum Gasteiger partial charge on any atom is 0.237 e. The minimum Gasteiger partial charge on any atom is -0.497 e. The quantitative estimate of drug-likeness (QED) is 0.607. The number of carbonyl (C=O) groups excluding carboxylic acids is 2. The van der Waals surface area contributed by atoms with E-state index in [0.717, 1.165) is 16.8 Å². The van der Waals surface area contributed by atoms with Gasteiger partial charge in [0.05, 0.1) is 33.5 Å². The summed E-state index contributed by atoms with van der Waals surface area (Å²) in [5.74, 6) is 1.41. The Hall–Kier alpha value is -3.10. The topological polar surface area (TPSA) is 80.3 Å². The second kappa shape index (κ2) is 11.9. The Morgan fingerprint density at radius 1 is 1.03 bits per heavy atom. The molecule has 184 valence electrons. The number of methoxy groups -OCH3 is 2. The predicted octanol–water partition coefficient (Wildman–Crippen LogP) is 3.30. The van der Waals surface area contributed by atoms with E-state index in [1.807, 2.05) is 61.2 Å². The van der Waals surface area contributed by atoms with Crippen LogP contribution in [-0.4, -0.2) is 67.6 Å². The predicted molar refractivity (Wildman–Crippen MR) is 131 cm³/mol. The van der Waals surface area contributed by atoms with Gasteiger partial charge in [0.2, 0.25) is 11.8 Å². The SMILES string of the molecule is COc1cc(COC2CN(Cc3ccc(NC(C)=O)cc3)CC(=O)N(C(C)C)C2)cc(OC)c1. The molecular formula is C26H35N3O5. The maximum absolute atomic E-state index is 13.0. The molecule has 1 saturated heterocycles. The van der Waals surface area contributed by atoms with Gasteiger partial charge in [-0.1, -0.05) is 12.1 Å². The van der Waals surface area contributed by atoms with Crippen molar-refractivity contribution < 1.29 is 23.8 Å². The van der Waals surface area contributed by atoms with Crippen LogP contribution >= 0.6 is 0 Å². The van der Waals surface area contributed by atoms with Crippen LogP contribution in [0, 0.1) is 0 Å². The number of amides is 2. The number of rotatable bonds is 9. The second-order valence-corrected chi connectivity index (χ2v) is 8.84. The molecule has 8 heteroatoms. The lowest BCUT2D eigenvalue weighted by Gasteiger charge is -2.28. The molecule has 0 saturated carbocycles. The lowest BCUT2D eigenvalue weighted by Crippen LogP contribution is -2.42.